The first-order valence-electron chi connectivity index (χ1n) is 11.9. The second-order valence-corrected chi connectivity index (χ2v) is 11.9. The molecule has 8 unspecified atom stereocenters. The maximum Gasteiger partial charge on any atom is 0.0751 e. The first-order valence-corrected chi connectivity index (χ1v) is 11.9. The molecule has 1 N–H and O–H groups in total. The lowest BCUT2D eigenvalue weighted by atomic mass is 9.45. The molecule has 6 fully saturated rings. The van der Waals surface area contributed by atoms with Crippen LogP contribution in [0.4, 0.5) is 0 Å². The molecule has 0 aromatic carbocycles. The van der Waals surface area contributed by atoms with Gasteiger partial charge in [-0.15, -0.1) is 0 Å². The average molecular weight is 358 g/mol. The minimum absolute atomic E-state index is 0.0729. The highest BCUT2D eigenvalue weighted by atomic mass is 16.3. The van der Waals surface area contributed by atoms with Crippen molar-refractivity contribution in [3.8, 4) is 0 Å². The summed E-state index contributed by atoms with van der Waals surface area (Å²) in [5.41, 5.74) is 0.840. The Hall–Kier alpha value is -0.0800. The zero-order chi connectivity index (χ0) is 17.7. The fourth-order valence-electron chi connectivity index (χ4n) is 9.43. The van der Waals surface area contributed by atoms with Crippen LogP contribution < -0.4 is 0 Å². The van der Waals surface area contributed by atoms with Crippen LogP contribution >= 0.6 is 0 Å². The van der Waals surface area contributed by atoms with E-state index in [0.29, 0.717) is 11.5 Å². The summed E-state index contributed by atoms with van der Waals surface area (Å²) in [6.07, 6.45) is 14.3. The zero-order valence-corrected chi connectivity index (χ0v) is 17.0. The van der Waals surface area contributed by atoms with Crippen LogP contribution in [0.3, 0.4) is 0 Å². The van der Waals surface area contributed by atoms with Crippen molar-refractivity contribution < 1.29 is 5.11 Å². The maximum absolute atomic E-state index is 11.4. The monoisotopic (exact) mass is 357 g/mol. The number of hydrogen-bond acceptors (Lipinski definition) is 2. The lowest BCUT2D eigenvalue weighted by Crippen LogP contribution is -2.54. The number of nitrogens with zero attached hydrogens (tertiary/aromatic N) is 1. The van der Waals surface area contributed by atoms with Crippen molar-refractivity contribution in [2.75, 3.05) is 13.1 Å². The minimum Gasteiger partial charge on any atom is -0.391 e. The molecule has 0 aromatic rings. The summed E-state index contributed by atoms with van der Waals surface area (Å²) >= 11 is 0. The molecule has 6 aliphatic rings. The molecule has 26 heavy (non-hydrogen) atoms. The van der Waals surface area contributed by atoms with Crippen LogP contribution in [0.25, 0.3) is 0 Å². The molecule has 1 heterocycles. The Bertz CT molecular complexity index is 585. The molecule has 5 saturated carbocycles. The molecule has 2 heteroatoms. The highest BCUT2D eigenvalue weighted by Gasteiger charge is 2.64. The Morgan fingerprint density at radius 1 is 0.846 bits per heavy atom. The van der Waals surface area contributed by atoms with Crippen molar-refractivity contribution in [1.29, 1.82) is 0 Å². The van der Waals surface area contributed by atoms with E-state index < -0.39 is 0 Å². The number of fused-ring (bicyclic) bond motifs is 6. The van der Waals surface area contributed by atoms with E-state index in [1.165, 1.54) is 58.0 Å². The third kappa shape index (κ3) is 2.12. The van der Waals surface area contributed by atoms with Crippen LogP contribution in [-0.4, -0.2) is 35.2 Å². The van der Waals surface area contributed by atoms with E-state index in [0.717, 1.165) is 35.5 Å². The fraction of sp³-hybridized carbons (Fsp3) is 1.00. The Morgan fingerprint density at radius 3 is 2.46 bits per heavy atom. The molecule has 1 aliphatic heterocycles. The number of aliphatic hydroxyl groups is 1. The predicted molar refractivity (Wildman–Crippen MR) is 105 cm³/mol. The molecule has 0 radical (unpaired) electrons. The van der Waals surface area contributed by atoms with E-state index in [1.54, 1.807) is 19.3 Å². The van der Waals surface area contributed by atoms with Gasteiger partial charge in [-0.1, -0.05) is 13.8 Å². The van der Waals surface area contributed by atoms with Gasteiger partial charge in [0, 0.05) is 6.04 Å². The summed E-state index contributed by atoms with van der Waals surface area (Å²) in [6.45, 7) is 7.65. The molecular formula is C24H39NO. The average Bonchev–Trinajstić information content (AvgIpc) is 3.02. The lowest BCUT2D eigenvalue weighted by molar-refractivity contribution is -0.123. The highest BCUT2D eigenvalue weighted by molar-refractivity contribution is 5.14. The minimum atomic E-state index is -0.0729. The summed E-state index contributed by atoms with van der Waals surface area (Å²) < 4.78 is 0. The van der Waals surface area contributed by atoms with Crippen LogP contribution in [0.2, 0.25) is 0 Å². The SMILES string of the molecule is CC12C[C@H]3C[C@H]3CC1CCC1C2CCC2(C)C(O)C(N3CCCC3)CC12. The normalized spacial score (nSPS) is 61.5. The third-order valence-electron chi connectivity index (χ3n) is 11.0. The highest BCUT2D eigenvalue weighted by Crippen LogP contribution is 2.70. The van der Waals surface area contributed by atoms with E-state index in [9.17, 15) is 5.11 Å². The lowest BCUT2D eigenvalue weighted by Gasteiger charge is -2.60. The van der Waals surface area contributed by atoms with Gasteiger partial charge in [-0.25, -0.2) is 0 Å². The summed E-state index contributed by atoms with van der Waals surface area (Å²) in [6, 6.07) is 0.468. The van der Waals surface area contributed by atoms with Crippen LogP contribution in [0, 0.1) is 46.3 Å². The van der Waals surface area contributed by atoms with Crippen molar-refractivity contribution in [3.05, 3.63) is 0 Å². The summed E-state index contributed by atoms with van der Waals surface area (Å²) in [5, 5.41) is 11.4. The van der Waals surface area contributed by atoms with Crippen molar-refractivity contribution in [2.45, 2.75) is 90.2 Å². The van der Waals surface area contributed by atoms with Crippen LogP contribution in [0.1, 0.15) is 78.1 Å². The zero-order valence-electron chi connectivity index (χ0n) is 17.0. The predicted octanol–water partition coefficient (Wildman–Crippen LogP) is 4.71. The second-order valence-electron chi connectivity index (χ2n) is 11.9. The Morgan fingerprint density at radius 2 is 1.65 bits per heavy atom. The third-order valence-corrected chi connectivity index (χ3v) is 11.0. The van der Waals surface area contributed by atoms with E-state index in [2.05, 4.69) is 18.7 Å². The summed E-state index contributed by atoms with van der Waals surface area (Å²) in [5.74, 6) is 5.90. The van der Waals surface area contributed by atoms with E-state index >= 15 is 0 Å². The van der Waals surface area contributed by atoms with Crippen molar-refractivity contribution in [2.24, 2.45) is 46.3 Å². The van der Waals surface area contributed by atoms with Gasteiger partial charge in [0.1, 0.15) is 0 Å². The van der Waals surface area contributed by atoms with Gasteiger partial charge in [0.25, 0.3) is 0 Å². The van der Waals surface area contributed by atoms with Gasteiger partial charge < -0.3 is 5.11 Å². The van der Waals surface area contributed by atoms with E-state index in [4.69, 9.17) is 0 Å². The van der Waals surface area contributed by atoms with Gasteiger partial charge in [-0.05, 0) is 124 Å². The van der Waals surface area contributed by atoms with Gasteiger partial charge in [0.15, 0.2) is 0 Å². The van der Waals surface area contributed by atoms with Gasteiger partial charge in [-0.2, -0.15) is 0 Å². The van der Waals surface area contributed by atoms with Crippen LogP contribution in [0.15, 0.2) is 0 Å². The Balaban J connectivity index is 1.29. The smallest absolute Gasteiger partial charge is 0.0751 e. The summed E-state index contributed by atoms with van der Waals surface area (Å²) in [4.78, 5) is 2.66. The van der Waals surface area contributed by atoms with Crippen LogP contribution in [-0.2, 0) is 0 Å². The molecule has 146 valence electrons. The largest absolute Gasteiger partial charge is 0.391 e. The van der Waals surface area contributed by atoms with Gasteiger partial charge in [0.05, 0.1) is 6.10 Å². The summed E-state index contributed by atoms with van der Waals surface area (Å²) in [7, 11) is 0. The number of rotatable bonds is 1. The molecule has 5 aliphatic carbocycles. The molecule has 6 rings (SSSR count). The van der Waals surface area contributed by atoms with E-state index in [-0.39, 0.29) is 11.5 Å². The second kappa shape index (κ2) is 5.50. The Labute approximate surface area is 160 Å². The van der Waals surface area contributed by atoms with E-state index in [1.807, 2.05) is 0 Å². The Kier molecular flexibility index (Phi) is 3.56. The maximum atomic E-state index is 11.4. The number of likely N-dealkylation sites (tertiary alicyclic amines) is 1. The topological polar surface area (TPSA) is 23.5 Å². The molecule has 10 atom stereocenters. The first kappa shape index (κ1) is 16.8. The quantitative estimate of drug-likeness (QED) is 0.734. The molecular weight excluding hydrogens is 318 g/mol. The first-order chi connectivity index (χ1) is 12.5. The molecule has 0 amide bonds. The number of hydrogen-bond donors (Lipinski definition) is 1. The number of aliphatic hydroxyl groups excluding tert-OH is 1. The van der Waals surface area contributed by atoms with Gasteiger partial charge >= 0.3 is 0 Å². The molecule has 0 bridgehead atoms. The van der Waals surface area contributed by atoms with Crippen molar-refractivity contribution in [3.63, 3.8) is 0 Å². The van der Waals surface area contributed by atoms with Crippen LogP contribution in [0.5, 0.6) is 0 Å². The van der Waals surface area contributed by atoms with Gasteiger partial charge in [0.2, 0.25) is 0 Å². The molecule has 0 spiro atoms. The standard InChI is InChI=1S/C24H39NO/c1-23-8-7-19-18(6-5-17-12-15-11-16(15)14-24(17,19)2)20(23)13-21(22(23)26)25-9-3-4-10-25/h15-22,26H,3-14H2,1-2H3/t15-,16+,17?,18?,19?,20?,21?,22?,23?,24?/m0/s1. The molecule has 1 saturated heterocycles. The fourth-order valence-corrected chi connectivity index (χ4v) is 9.43. The van der Waals surface area contributed by atoms with Crippen molar-refractivity contribution in [1.82, 2.24) is 4.90 Å². The van der Waals surface area contributed by atoms with Crippen molar-refractivity contribution >= 4 is 0 Å². The molecule has 0 aromatic heterocycles. The molecule has 2 nitrogen and oxygen atoms in total. The van der Waals surface area contributed by atoms with Gasteiger partial charge in [-0.3, -0.25) is 4.90 Å².